The molecule has 0 atom stereocenters. The third-order valence-electron chi connectivity index (χ3n) is 1.84. The molecule has 3 N–H and O–H groups in total. The highest BCUT2D eigenvalue weighted by Gasteiger charge is 2.16. The first-order chi connectivity index (χ1) is 6.61. The van der Waals surface area contributed by atoms with Crippen molar-refractivity contribution < 1.29 is 14.2 Å². The predicted octanol–water partition coefficient (Wildman–Crippen LogP) is 1.69. The van der Waals surface area contributed by atoms with Gasteiger partial charge in [0.15, 0.2) is 11.6 Å². The van der Waals surface area contributed by atoms with Crippen LogP contribution >= 0.6 is 11.6 Å². The molecule has 0 unspecified atom stereocenters. The molecule has 0 saturated heterocycles. The van der Waals surface area contributed by atoms with Gasteiger partial charge < -0.3 is 15.6 Å². The molecule has 0 saturated carbocycles. The Kier molecular flexibility index (Phi) is 3.55. The SMILES string of the molecule is COc1c(CCN)cc(F)c(O)c1Cl. The highest BCUT2D eigenvalue weighted by Crippen LogP contribution is 2.38. The van der Waals surface area contributed by atoms with E-state index in [4.69, 9.17) is 22.1 Å². The lowest BCUT2D eigenvalue weighted by Gasteiger charge is -2.11. The van der Waals surface area contributed by atoms with Crippen molar-refractivity contribution in [2.75, 3.05) is 13.7 Å². The van der Waals surface area contributed by atoms with Crippen molar-refractivity contribution in [2.45, 2.75) is 6.42 Å². The maximum Gasteiger partial charge on any atom is 0.174 e. The second-order valence-electron chi connectivity index (χ2n) is 2.75. The fourth-order valence-corrected chi connectivity index (χ4v) is 1.49. The second kappa shape index (κ2) is 4.48. The first-order valence-corrected chi connectivity index (χ1v) is 4.43. The Labute approximate surface area is 86.2 Å². The number of rotatable bonds is 3. The molecule has 0 aliphatic carbocycles. The second-order valence-corrected chi connectivity index (χ2v) is 3.13. The summed E-state index contributed by atoms with van der Waals surface area (Å²) in [5, 5.41) is 9.08. The molecule has 78 valence electrons. The van der Waals surface area contributed by atoms with Gasteiger partial charge in [-0.05, 0) is 19.0 Å². The molecule has 5 heteroatoms. The third kappa shape index (κ3) is 1.91. The van der Waals surface area contributed by atoms with E-state index in [1.807, 2.05) is 0 Å². The van der Waals surface area contributed by atoms with Crippen LogP contribution in [0.25, 0.3) is 0 Å². The minimum Gasteiger partial charge on any atom is -0.504 e. The van der Waals surface area contributed by atoms with Crippen LogP contribution in [0.2, 0.25) is 5.02 Å². The normalized spacial score (nSPS) is 10.3. The van der Waals surface area contributed by atoms with Crippen LogP contribution in [0.4, 0.5) is 4.39 Å². The van der Waals surface area contributed by atoms with E-state index in [9.17, 15) is 9.50 Å². The van der Waals surface area contributed by atoms with Crippen molar-refractivity contribution in [1.82, 2.24) is 0 Å². The number of ether oxygens (including phenoxy) is 1. The molecule has 3 nitrogen and oxygen atoms in total. The first-order valence-electron chi connectivity index (χ1n) is 4.05. The molecule has 14 heavy (non-hydrogen) atoms. The fourth-order valence-electron chi connectivity index (χ4n) is 1.20. The van der Waals surface area contributed by atoms with Gasteiger partial charge in [-0.15, -0.1) is 0 Å². The van der Waals surface area contributed by atoms with Crippen molar-refractivity contribution in [3.63, 3.8) is 0 Å². The summed E-state index contributed by atoms with van der Waals surface area (Å²) in [5.74, 6) is -1.08. The molecule has 0 aliphatic rings. The molecule has 0 heterocycles. The minimum absolute atomic E-state index is 0.115. The van der Waals surface area contributed by atoms with E-state index >= 15 is 0 Å². The molecule has 0 amide bonds. The van der Waals surface area contributed by atoms with Crippen LogP contribution < -0.4 is 10.5 Å². The molecular formula is C9H11ClFNO2. The van der Waals surface area contributed by atoms with Crippen LogP contribution in [0, 0.1) is 5.82 Å². The number of phenolic OH excluding ortho intramolecular Hbond substituents is 1. The van der Waals surface area contributed by atoms with Gasteiger partial charge in [-0.25, -0.2) is 4.39 Å². The Bertz CT molecular complexity index is 344. The van der Waals surface area contributed by atoms with E-state index in [1.165, 1.54) is 13.2 Å². The number of aromatic hydroxyl groups is 1. The van der Waals surface area contributed by atoms with Crippen molar-refractivity contribution in [3.8, 4) is 11.5 Å². The number of nitrogens with two attached hydrogens (primary N) is 1. The summed E-state index contributed by atoms with van der Waals surface area (Å²) in [6.45, 7) is 0.358. The van der Waals surface area contributed by atoms with Crippen LogP contribution in [0.5, 0.6) is 11.5 Å². The molecule has 0 fully saturated rings. The minimum atomic E-state index is -0.765. The van der Waals surface area contributed by atoms with Gasteiger partial charge in [-0.3, -0.25) is 0 Å². The Hall–Kier alpha value is -1.00. The monoisotopic (exact) mass is 219 g/mol. The average molecular weight is 220 g/mol. The highest BCUT2D eigenvalue weighted by atomic mass is 35.5. The van der Waals surface area contributed by atoms with Gasteiger partial charge in [0.2, 0.25) is 0 Å². The third-order valence-corrected chi connectivity index (χ3v) is 2.19. The Morgan fingerprint density at radius 1 is 1.64 bits per heavy atom. The molecular weight excluding hydrogens is 209 g/mol. The molecule has 0 aliphatic heterocycles. The van der Waals surface area contributed by atoms with Gasteiger partial charge in [-0.2, -0.15) is 0 Å². The maximum absolute atomic E-state index is 13.0. The largest absolute Gasteiger partial charge is 0.504 e. The van der Waals surface area contributed by atoms with E-state index in [-0.39, 0.29) is 10.8 Å². The zero-order chi connectivity index (χ0) is 10.7. The number of halogens is 2. The summed E-state index contributed by atoms with van der Waals surface area (Å²) in [4.78, 5) is 0. The number of benzene rings is 1. The summed E-state index contributed by atoms with van der Waals surface area (Å²) in [6, 6.07) is 1.17. The van der Waals surface area contributed by atoms with Crippen molar-refractivity contribution in [2.24, 2.45) is 5.73 Å². The fraction of sp³-hybridized carbons (Fsp3) is 0.333. The lowest BCUT2D eigenvalue weighted by Crippen LogP contribution is -2.05. The molecule has 0 aromatic heterocycles. The summed E-state index contributed by atoms with van der Waals surface area (Å²) >= 11 is 5.68. The Morgan fingerprint density at radius 2 is 2.29 bits per heavy atom. The van der Waals surface area contributed by atoms with Gasteiger partial charge in [0.25, 0.3) is 0 Å². The lowest BCUT2D eigenvalue weighted by atomic mass is 10.1. The van der Waals surface area contributed by atoms with Gasteiger partial charge in [-0.1, -0.05) is 11.6 Å². The van der Waals surface area contributed by atoms with Gasteiger partial charge in [0.1, 0.15) is 10.8 Å². The Morgan fingerprint density at radius 3 is 2.79 bits per heavy atom. The smallest absolute Gasteiger partial charge is 0.174 e. The van der Waals surface area contributed by atoms with E-state index in [2.05, 4.69) is 0 Å². The summed E-state index contributed by atoms with van der Waals surface area (Å²) < 4.78 is 18.0. The molecule has 1 rings (SSSR count). The lowest BCUT2D eigenvalue weighted by molar-refractivity contribution is 0.393. The highest BCUT2D eigenvalue weighted by molar-refractivity contribution is 6.33. The van der Waals surface area contributed by atoms with Gasteiger partial charge in [0, 0.05) is 5.56 Å². The zero-order valence-electron chi connectivity index (χ0n) is 7.68. The standard InChI is InChI=1S/C9H11ClFNO2/c1-14-9-5(2-3-12)4-6(11)8(13)7(9)10/h4,13H,2-3,12H2,1H3. The first kappa shape index (κ1) is 11.1. The van der Waals surface area contributed by atoms with E-state index in [0.29, 0.717) is 18.5 Å². The maximum atomic E-state index is 13.0. The van der Waals surface area contributed by atoms with Crippen molar-refractivity contribution in [3.05, 3.63) is 22.5 Å². The van der Waals surface area contributed by atoms with Crippen molar-refractivity contribution >= 4 is 11.6 Å². The zero-order valence-corrected chi connectivity index (χ0v) is 8.44. The quantitative estimate of drug-likeness (QED) is 0.814. The molecule has 1 aromatic rings. The number of methoxy groups -OCH3 is 1. The van der Waals surface area contributed by atoms with Crippen LogP contribution in [0.3, 0.4) is 0 Å². The number of hydrogen-bond acceptors (Lipinski definition) is 3. The van der Waals surface area contributed by atoms with Crippen LogP contribution in [-0.4, -0.2) is 18.8 Å². The molecule has 1 aromatic carbocycles. The van der Waals surface area contributed by atoms with E-state index < -0.39 is 11.6 Å². The van der Waals surface area contributed by atoms with E-state index in [0.717, 1.165) is 0 Å². The number of phenols is 1. The summed E-state index contributed by atoms with van der Waals surface area (Å²) in [5.41, 5.74) is 5.89. The van der Waals surface area contributed by atoms with Crippen LogP contribution in [0.1, 0.15) is 5.56 Å². The van der Waals surface area contributed by atoms with Gasteiger partial charge in [0.05, 0.1) is 7.11 Å². The number of hydrogen-bond donors (Lipinski definition) is 2. The summed E-state index contributed by atoms with van der Waals surface area (Å²) in [6.07, 6.45) is 0.445. The van der Waals surface area contributed by atoms with Gasteiger partial charge >= 0.3 is 0 Å². The molecule has 0 spiro atoms. The Balaban J connectivity index is 3.28. The topological polar surface area (TPSA) is 55.5 Å². The van der Waals surface area contributed by atoms with Crippen LogP contribution in [-0.2, 0) is 6.42 Å². The average Bonchev–Trinajstić information content (AvgIpc) is 2.16. The summed E-state index contributed by atoms with van der Waals surface area (Å²) in [7, 11) is 1.40. The van der Waals surface area contributed by atoms with Crippen molar-refractivity contribution in [1.29, 1.82) is 0 Å². The molecule has 0 radical (unpaired) electrons. The molecule has 0 bridgehead atoms. The van der Waals surface area contributed by atoms with E-state index in [1.54, 1.807) is 0 Å². The predicted molar refractivity (Wildman–Crippen MR) is 52.4 cm³/mol. The van der Waals surface area contributed by atoms with Crippen LogP contribution in [0.15, 0.2) is 6.07 Å².